The van der Waals surface area contributed by atoms with Gasteiger partial charge in [0.25, 0.3) is 0 Å². The van der Waals surface area contributed by atoms with Gasteiger partial charge in [-0.25, -0.2) is 9.59 Å². The molecule has 1 fully saturated rings. The topological polar surface area (TPSA) is 148 Å². The molecule has 2 amide bonds. The predicted molar refractivity (Wildman–Crippen MR) is 210 cm³/mol. The Kier molecular flexibility index (Phi) is 14.4. The van der Waals surface area contributed by atoms with Crippen LogP contribution in [0.3, 0.4) is 0 Å². The lowest BCUT2D eigenvalue weighted by Crippen LogP contribution is -2.69. The molecule has 3 N–H and O–H groups in total. The third kappa shape index (κ3) is 9.89. The molecule has 300 valence electrons. The third-order valence-corrected chi connectivity index (χ3v) is 10.6. The van der Waals surface area contributed by atoms with Crippen LogP contribution in [0.25, 0.3) is 0 Å². The van der Waals surface area contributed by atoms with E-state index in [0.717, 1.165) is 42.4 Å². The number of nitrogens with one attached hydrogen (secondary N) is 1. The first-order valence-corrected chi connectivity index (χ1v) is 19.6. The molecular weight excluding hydrogens is 702 g/mol. The molecule has 55 heavy (non-hydrogen) atoms. The number of ether oxygens (including phenoxy) is 4. The molecule has 2 aliphatic carbocycles. The van der Waals surface area contributed by atoms with Crippen LogP contribution in [-0.2, 0) is 20.9 Å². The summed E-state index contributed by atoms with van der Waals surface area (Å²) in [6, 6.07) is 14.3. The second-order valence-electron chi connectivity index (χ2n) is 15.5. The number of hydrogen-bond donors (Lipinski definition) is 3. The number of nitrogens with zero attached hydrogens (tertiary/aromatic N) is 2. The quantitative estimate of drug-likeness (QED) is 0.0847. The number of unbranched alkanes of at least 4 members (excludes halogenated alkanes) is 2. The van der Waals surface area contributed by atoms with Gasteiger partial charge in [-0.05, 0) is 94.5 Å². The molecule has 0 bridgehead atoms. The number of rotatable bonds is 17. The van der Waals surface area contributed by atoms with Crippen LogP contribution >= 0.6 is 0 Å². The number of hydrogen-bond acceptors (Lipinski definition) is 10. The highest BCUT2D eigenvalue weighted by atomic mass is 16.7. The Hall–Kier alpha value is -4.39. The second kappa shape index (κ2) is 19.0. The number of amides is 2. The van der Waals surface area contributed by atoms with Gasteiger partial charge in [-0.2, -0.15) is 0 Å². The van der Waals surface area contributed by atoms with Crippen LogP contribution in [-0.4, -0.2) is 83.9 Å². The summed E-state index contributed by atoms with van der Waals surface area (Å²) in [5, 5.41) is 27.3. The molecule has 1 saturated carbocycles. The SMILES string of the molecule is C=CCOC12Oc3ccc(OC(=O)NCc4ccccc4)cc3C3C(CCCCO)C(CCCCO)C=C(C(=NOC(C)(C)C)CC1N(C)C(=O)OCC)C32. The van der Waals surface area contributed by atoms with Gasteiger partial charge in [0.15, 0.2) is 0 Å². The molecule has 6 atom stereocenters. The maximum atomic E-state index is 13.6. The zero-order valence-electron chi connectivity index (χ0n) is 33.0. The molecule has 1 heterocycles. The lowest BCUT2D eigenvalue weighted by atomic mass is 9.55. The van der Waals surface area contributed by atoms with Crippen molar-refractivity contribution < 1.29 is 43.6 Å². The molecule has 1 aliphatic heterocycles. The van der Waals surface area contributed by atoms with Gasteiger partial charge in [-0.1, -0.05) is 60.5 Å². The maximum absolute atomic E-state index is 13.6. The summed E-state index contributed by atoms with van der Waals surface area (Å²) in [4.78, 5) is 34.3. The lowest BCUT2D eigenvalue weighted by Gasteiger charge is -2.59. The number of aliphatic hydroxyl groups excluding tert-OH is 2. The first-order valence-electron chi connectivity index (χ1n) is 19.6. The van der Waals surface area contributed by atoms with Gasteiger partial charge in [0.05, 0.1) is 24.8 Å². The van der Waals surface area contributed by atoms with Crippen molar-refractivity contribution >= 4 is 17.9 Å². The van der Waals surface area contributed by atoms with E-state index >= 15 is 0 Å². The van der Waals surface area contributed by atoms with Crippen LogP contribution < -0.4 is 14.8 Å². The summed E-state index contributed by atoms with van der Waals surface area (Å²) in [6.07, 6.45) is 7.58. The van der Waals surface area contributed by atoms with Crippen LogP contribution in [0.4, 0.5) is 9.59 Å². The standard InChI is InChI=1S/C43H59N3O9/c1-7-24-52-43-37(46(6)41(50)51-8-2)27-35(45-55-42(3,4)5)33-25-30(18-12-14-22-47)32(19-13-15-23-48)38(39(33)43)34-26-31(20-21-36(34)54-43)53-40(49)44-28-29-16-10-9-11-17-29/h7,9-11,16-17,20-21,25-26,30,32,37-39,47-48H,1,8,12-15,18-19,22-24,27-28H2,2-6H3,(H,44,49). The minimum absolute atomic E-state index is 0.0203. The van der Waals surface area contributed by atoms with Crippen molar-refractivity contribution in [3.8, 4) is 11.5 Å². The molecule has 0 saturated heterocycles. The van der Waals surface area contributed by atoms with Crippen molar-refractivity contribution in [2.45, 2.75) is 103 Å². The Morgan fingerprint density at radius 2 is 1.80 bits per heavy atom. The summed E-state index contributed by atoms with van der Waals surface area (Å²) in [5.41, 5.74) is 2.80. The zero-order chi connectivity index (χ0) is 39.6. The van der Waals surface area contributed by atoms with Gasteiger partial charge in [-0.3, -0.25) is 0 Å². The summed E-state index contributed by atoms with van der Waals surface area (Å²) in [5.74, 6) is -1.17. The lowest BCUT2D eigenvalue weighted by molar-refractivity contribution is -0.253. The number of carbonyl (C=O) groups is 2. The van der Waals surface area contributed by atoms with Gasteiger partial charge in [-0.15, -0.1) is 6.58 Å². The van der Waals surface area contributed by atoms with Crippen LogP contribution in [0.5, 0.6) is 11.5 Å². The molecule has 12 heteroatoms. The molecule has 12 nitrogen and oxygen atoms in total. The summed E-state index contributed by atoms with van der Waals surface area (Å²) < 4.78 is 25.4. The minimum Gasteiger partial charge on any atom is -0.459 e. The average Bonchev–Trinajstić information content (AvgIpc) is 3.16. The smallest absolute Gasteiger partial charge is 0.412 e. The van der Waals surface area contributed by atoms with Crippen molar-refractivity contribution in [3.63, 3.8) is 0 Å². The van der Waals surface area contributed by atoms with E-state index in [0.29, 0.717) is 36.6 Å². The largest absolute Gasteiger partial charge is 0.459 e. The van der Waals surface area contributed by atoms with Crippen LogP contribution in [0.15, 0.2) is 78.0 Å². The van der Waals surface area contributed by atoms with Gasteiger partial charge in [0.2, 0.25) is 5.79 Å². The second-order valence-corrected chi connectivity index (χ2v) is 15.5. The van der Waals surface area contributed by atoms with Crippen molar-refractivity contribution in [1.29, 1.82) is 0 Å². The molecule has 0 radical (unpaired) electrons. The first kappa shape index (κ1) is 41.8. The van der Waals surface area contributed by atoms with Crippen molar-refractivity contribution in [3.05, 3.63) is 84.0 Å². The number of oxime groups is 1. The normalized spacial score (nSPS) is 24.7. The van der Waals surface area contributed by atoms with E-state index in [-0.39, 0.29) is 50.6 Å². The molecule has 6 unspecified atom stereocenters. The van der Waals surface area contributed by atoms with Crippen molar-refractivity contribution in [1.82, 2.24) is 10.2 Å². The molecule has 3 aliphatic rings. The van der Waals surface area contributed by atoms with Crippen LogP contribution in [0.1, 0.15) is 89.7 Å². The minimum atomic E-state index is -1.40. The highest BCUT2D eigenvalue weighted by Gasteiger charge is 2.65. The maximum Gasteiger partial charge on any atom is 0.412 e. The number of likely N-dealkylation sites (N-methyl/N-ethyl adjacent to an activating group) is 1. The van der Waals surface area contributed by atoms with Crippen LogP contribution in [0, 0.1) is 17.8 Å². The van der Waals surface area contributed by atoms with E-state index in [1.165, 1.54) is 0 Å². The molecule has 0 aromatic heterocycles. The summed E-state index contributed by atoms with van der Waals surface area (Å²) >= 11 is 0. The Bertz CT molecular complexity index is 1670. The van der Waals surface area contributed by atoms with Crippen LogP contribution in [0.2, 0.25) is 0 Å². The number of allylic oxidation sites excluding steroid dienone is 1. The molecule has 2 aromatic carbocycles. The molecular formula is C43H59N3O9. The Balaban J connectivity index is 1.69. The number of carbonyl (C=O) groups excluding carboxylic acids is 2. The average molecular weight is 762 g/mol. The number of benzene rings is 2. The fourth-order valence-electron chi connectivity index (χ4n) is 8.25. The molecule has 5 rings (SSSR count). The summed E-state index contributed by atoms with van der Waals surface area (Å²) in [6.45, 7) is 12.3. The van der Waals surface area contributed by atoms with E-state index in [2.05, 4.69) is 18.0 Å². The summed E-state index contributed by atoms with van der Waals surface area (Å²) in [7, 11) is 1.69. The molecule has 0 spiro atoms. The van der Waals surface area contributed by atoms with Gasteiger partial charge >= 0.3 is 12.2 Å². The fourth-order valence-corrected chi connectivity index (χ4v) is 8.25. The Morgan fingerprint density at radius 3 is 2.47 bits per heavy atom. The highest BCUT2D eigenvalue weighted by molar-refractivity contribution is 6.03. The highest BCUT2D eigenvalue weighted by Crippen LogP contribution is 2.61. The van der Waals surface area contributed by atoms with E-state index in [1.54, 1.807) is 31.0 Å². The zero-order valence-corrected chi connectivity index (χ0v) is 33.0. The van der Waals surface area contributed by atoms with Gasteiger partial charge in [0.1, 0.15) is 23.1 Å². The Morgan fingerprint density at radius 1 is 1.07 bits per heavy atom. The number of fused-ring (bicyclic) bond motifs is 2. The predicted octanol–water partition coefficient (Wildman–Crippen LogP) is 7.50. The fraction of sp³-hybridized carbons (Fsp3) is 0.558. The first-order chi connectivity index (χ1) is 26.5. The monoisotopic (exact) mass is 761 g/mol. The number of aliphatic hydroxyl groups is 2. The van der Waals surface area contributed by atoms with E-state index in [9.17, 15) is 19.8 Å². The van der Waals surface area contributed by atoms with Crippen molar-refractivity contribution in [2.24, 2.45) is 22.9 Å². The van der Waals surface area contributed by atoms with E-state index in [4.69, 9.17) is 28.9 Å². The molecule has 2 aromatic rings. The van der Waals surface area contributed by atoms with E-state index in [1.807, 2.05) is 63.2 Å². The Labute approximate surface area is 325 Å². The van der Waals surface area contributed by atoms with Gasteiger partial charge < -0.3 is 44.2 Å². The van der Waals surface area contributed by atoms with Gasteiger partial charge in [0, 0.05) is 44.7 Å². The van der Waals surface area contributed by atoms with Crippen molar-refractivity contribution in [2.75, 3.05) is 33.5 Å². The van der Waals surface area contributed by atoms with E-state index < -0.39 is 35.5 Å². The third-order valence-electron chi connectivity index (χ3n) is 10.6.